The van der Waals surface area contributed by atoms with Crippen molar-refractivity contribution in [2.24, 2.45) is 0 Å². The quantitative estimate of drug-likeness (QED) is 0.364. The van der Waals surface area contributed by atoms with Gasteiger partial charge in [0.15, 0.2) is 0 Å². The minimum Gasteiger partial charge on any atom is -0.207 e. The normalized spacial score (nSPS) is 8.89. The third-order valence-corrected chi connectivity index (χ3v) is 2.27. The predicted molar refractivity (Wildman–Crippen MR) is 48.4 cm³/mol. The maximum absolute atomic E-state index is 3.59. The molecule has 0 amide bonds. The summed E-state index contributed by atoms with van der Waals surface area (Å²) in [6.45, 7) is 7.18. The lowest BCUT2D eigenvalue weighted by atomic mass is 10.8. The van der Waals surface area contributed by atoms with Gasteiger partial charge < -0.3 is 0 Å². The summed E-state index contributed by atoms with van der Waals surface area (Å²) in [6, 6.07) is 0. The van der Waals surface area contributed by atoms with Gasteiger partial charge in [0.1, 0.15) is 0 Å². The molecule has 0 saturated heterocycles. The smallest absolute Gasteiger partial charge is 0.0265 e. The van der Waals surface area contributed by atoms with Crippen molar-refractivity contribution in [3.63, 3.8) is 0 Å². The Morgan fingerprint density at radius 3 is 1.89 bits per heavy atom. The summed E-state index contributed by atoms with van der Waals surface area (Å²) in [4.78, 5) is 0. The molecule has 0 aromatic heterocycles. The van der Waals surface area contributed by atoms with Crippen LogP contribution in [0.5, 0.6) is 0 Å². The average Bonchev–Trinajstić information content (AvgIpc) is 1.89. The van der Waals surface area contributed by atoms with Crippen LogP contribution in [-0.2, 0) is 0 Å². The summed E-state index contributed by atoms with van der Waals surface area (Å²) in [5.41, 5.74) is 0. The van der Waals surface area contributed by atoms with Gasteiger partial charge in [-0.3, -0.25) is 0 Å². The zero-order valence-corrected chi connectivity index (χ0v) is 6.93. The Hall–Kier alpha value is 0.140. The number of nitrogens with one attached hydrogen (secondary N) is 1. The van der Waals surface area contributed by atoms with Crippen molar-refractivity contribution in [1.82, 2.24) is 4.13 Å². The molecule has 0 saturated carbocycles. The van der Waals surface area contributed by atoms with E-state index in [1.54, 1.807) is 23.9 Å². The standard InChI is InChI=1S/C6H11NS2/c1-3-5-8-7-9-6-4-2/h3-4,7H,1-2,5-6H2. The van der Waals surface area contributed by atoms with Crippen molar-refractivity contribution in [1.29, 1.82) is 0 Å². The minimum atomic E-state index is 0.949. The molecule has 0 fully saturated rings. The van der Waals surface area contributed by atoms with E-state index in [1.165, 1.54) is 0 Å². The van der Waals surface area contributed by atoms with Crippen LogP contribution < -0.4 is 4.13 Å². The van der Waals surface area contributed by atoms with E-state index < -0.39 is 0 Å². The van der Waals surface area contributed by atoms with E-state index in [4.69, 9.17) is 0 Å². The van der Waals surface area contributed by atoms with Crippen LogP contribution in [0.15, 0.2) is 25.3 Å². The highest BCUT2D eigenvalue weighted by atomic mass is 32.2. The Balaban J connectivity index is 2.74. The second kappa shape index (κ2) is 8.14. The second-order valence-electron chi connectivity index (χ2n) is 1.28. The molecule has 0 rings (SSSR count). The lowest BCUT2D eigenvalue weighted by Crippen LogP contribution is -1.90. The molecule has 1 nitrogen and oxygen atoms in total. The van der Waals surface area contributed by atoms with Gasteiger partial charge in [0.05, 0.1) is 0 Å². The lowest BCUT2D eigenvalue weighted by molar-refractivity contribution is 1.65. The van der Waals surface area contributed by atoms with Crippen LogP contribution in [0.3, 0.4) is 0 Å². The molecule has 0 aromatic rings. The molecule has 0 unspecified atom stereocenters. The largest absolute Gasteiger partial charge is 0.207 e. The van der Waals surface area contributed by atoms with E-state index in [0.717, 1.165) is 11.5 Å². The van der Waals surface area contributed by atoms with Crippen LogP contribution in [0.4, 0.5) is 0 Å². The van der Waals surface area contributed by atoms with Gasteiger partial charge in [-0.05, 0) is 0 Å². The third-order valence-electron chi connectivity index (χ3n) is 0.520. The summed E-state index contributed by atoms with van der Waals surface area (Å²) in [5, 5.41) is 0. The first kappa shape index (κ1) is 9.14. The van der Waals surface area contributed by atoms with Crippen molar-refractivity contribution in [2.45, 2.75) is 0 Å². The molecule has 0 spiro atoms. The fourth-order valence-corrected chi connectivity index (χ4v) is 1.34. The van der Waals surface area contributed by atoms with Crippen LogP contribution in [0.2, 0.25) is 0 Å². The Morgan fingerprint density at radius 2 is 1.56 bits per heavy atom. The van der Waals surface area contributed by atoms with Crippen molar-refractivity contribution in [3.05, 3.63) is 25.3 Å². The monoisotopic (exact) mass is 161 g/mol. The molecular weight excluding hydrogens is 150 g/mol. The number of rotatable bonds is 6. The van der Waals surface area contributed by atoms with E-state index in [9.17, 15) is 0 Å². The summed E-state index contributed by atoms with van der Waals surface area (Å²) >= 11 is 3.28. The van der Waals surface area contributed by atoms with Crippen molar-refractivity contribution >= 4 is 23.9 Å². The molecule has 9 heavy (non-hydrogen) atoms. The second-order valence-corrected chi connectivity index (χ2v) is 3.19. The fourth-order valence-electron chi connectivity index (χ4n) is 0.228. The van der Waals surface area contributed by atoms with Gasteiger partial charge in [0.25, 0.3) is 0 Å². The molecular formula is C6H11NS2. The van der Waals surface area contributed by atoms with Crippen LogP contribution in [0.25, 0.3) is 0 Å². The Kier molecular flexibility index (Phi) is 8.27. The first-order valence-corrected chi connectivity index (χ1v) is 4.59. The molecule has 0 bridgehead atoms. The van der Waals surface area contributed by atoms with Gasteiger partial charge in [-0.25, -0.2) is 4.13 Å². The van der Waals surface area contributed by atoms with Gasteiger partial charge in [-0.2, -0.15) is 0 Å². The van der Waals surface area contributed by atoms with Crippen molar-refractivity contribution < 1.29 is 0 Å². The summed E-state index contributed by atoms with van der Waals surface area (Å²) < 4.78 is 3.08. The van der Waals surface area contributed by atoms with Crippen LogP contribution in [0, 0.1) is 0 Å². The predicted octanol–water partition coefficient (Wildman–Crippen LogP) is 2.24. The summed E-state index contributed by atoms with van der Waals surface area (Å²) in [6.07, 6.45) is 3.73. The molecule has 0 aromatic carbocycles. The molecule has 3 heteroatoms. The third kappa shape index (κ3) is 8.14. The molecule has 0 atom stereocenters. The van der Waals surface area contributed by atoms with Crippen molar-refractivity contribution in [2.75, 3.05) is 11.5 Å². The zero-order chi connectivity index (χ0) is 6.95. The molecule has 1 N–H and O–H groups in total. The summed E-state index contributed by atoms with van der Waals surface area (Å²) in [5.74, 6) is 1.90. The molecule has 52 valence electrons. The van der Waals surface area contributed by atoms with E-state index >= 15 is 0 Å². The average molecular weight is 161 g/mol. The highest BCUT2D eigenvalue weighted by Gasteiger charge is 1.80. The van der Waals surface area contributed by atoms with Gasteiger partial charge in [-0.15, -0.1) is 13.2 Å². The first-order chi connectivity index (χ1) is 4.41. The van der Waals surface area contributed by atoms with Gasteiger partial charge in [-0.1, -0.05) is 36.0 Å². The Labute approximate surface area is 65.3 Å². The highest BCUT2D eigenvalue weighted by molar-refractivity contribution is 8.12. The van der Waals surface area contributed by atoms with E-state index in [-0.39, 0.29) is 0 Å². The molecule has 0 radical (unpaired) electrons. The molecule has 0 aliphatic carbocycles. The Bertz CT molecular complexity index is 73.1. The highest BCUT2D eigenvalue weighted by Crippen LogP contribution is 2.02. The van der Waals surface area contributed by atoms with Gasteiger partial charge in [0, 0.05) is 11.5 Å². The molecule has 0 heterocycles. The SMILES string of the molecule is C=CCSNSCC=C. The maximum Gasteiger partial charge on any atom is 0.0265 e. The van der Waals surface area contributed by atoms with E-state index in [0.29, 0.717) is 0 Å². The number of hydrogen-bond donors (Lipinski definition) is 1. The summed E-state index contributed by atoms with van der Waals surface area (Å²) in [7, 11) is 0. The van der Waals surface area contributed by atoms with Crippen LogP contribution >= 0.6 is 23.9 Å². The van der Waals surface area contributed by atoms with E-state index in [1.807, 2.05) is 12.2 Å². The van der Waals surface area contributed by atoms with Gasteiger partial charge >= 0.3 is 0 Å². The van der Waals surface area contributed by atoms with E-state index in [2.05, 4.69) is 17.3 Å². The van der Waals surface area contributed by atoms with Crippen LogP contribution in [0.1, 0.15) is 0 Å². The maximum atomic E-state index is 3.59. The molecule has 0 aliphatic heterocycles. The van der Waals surface area contributed by atoms with Crippen LogP contribution in [-0.4, -0.2) is 11.5 Å². The first-order valence-electron chi connectivity index (χ1n) is 2.62. The number of hydrogen-bond acceptors (Lipinski definition) is 3. The topological polar surface area (TPSA) is 12.0 Å². The Morgan fingerprint density at radius 1 is 1.11 bits per heavy atom. The lowest BCUT2D eigenvalue weighted by Gasteiger charge is -1.95. The minimum absolute atomic E-state index is 0.949. The van der Waals surface area contributed by atoms with Gasteiger partial charge in [0.2, 0.25) is 0 Å². The zero-order valence-electron chi connectivity index (χ0n) is 5.30. The fraction of sp³-hybridized carbons (Fsp3) is 0.333. The molecule has 0 aliphatic rings. The van der Waals surface area contributed by atoms with Crippen molar-refractivity contribution in [3.8, 4) is 0 Å².